The van der Waals surface area contributed by atoms with Crippen molar-refractivity contribution in [3.05, 3.63) is 59.1 Å². The van der Waals surface area contributed by atoms with E-state index in [-0.39, 0.29) is 24.2 Å². The Labute approximate surface area is 159 Å². The maximum absolute atomic E-state index is 12.7. The van der Waals surface area contributed by atoms with Gasteiger partial charge in [-0.15, -0.1) is 0 Å². The molecule has 1 fully saturated rings. The molecular formula is C21H23ClN2O2. The quantitative estimate of drug-likeness (QED) is 0.818. The number of nitrogens with zero attached hydrogens (tertiary/aromatic N) is 1. The van der Waals surface area contributed by atoms with Crippen LogP contribution < -0.4 is 10.2 Å². The highest BCUT2D eigenvalue weighted by atomic mass is 35.5. The van der Waals surface area contributed by atoms with E-state index in [4.69, 9.17) is 11.6 Å². The molecule has 1 aliphatic rings. The molecule has 0 bridgehead atoms. The average Bonchev–Trinajstić information content (AvgIpc) is 3.04. The lowest BCUT2D eigenvalue weighted by Crippen LogP contribution is -2.28. The Morgan fingerprint density at radius 2 is 1.92 bits per heavy atom. The van der Waals surface area contributed by atoms with Gasteiger partial charge in [0, 0.05) is 29.4 Å². The minimum Gasteiger partial charge on any atom is -0.326 e. The second-order valence-corrected chi connectivity index (χ2v) is 7.20. The van der Waals surface area contributed by atoms with Crippen molar-refractivity contribution in [1.82, 2.24) is 0 Å². The van der Waals surface area contributed by atoms with Gasteiger partial charge >= 0.3 is 0 Å². The Morgan fingerprint density at radius 1 is 1.23 bits per heavy atom. The third kappa shape index (κ3) is 3.91. The lowest BCUT2D eigenvalue weighted by Gasteiger charge is -2.18. The SMILES string of the molecule is CC[C@H](C)c1ccccc1NC(=O)[C@@H]1CC(=O)N(c2ccc(Cl)cc2)C1. The Balaban J connectivity index is 1.72. The van der Waals surface area contributed by atoms with E-state index in [0.29, 0.717) is 17.5 Å². The molecule has 2 aromatic rings. The highest BCUT2D eigenvalue weighted by Gasteiger charge is 2.35. The third-order valence-corrected chi connectivity index (χ3v) is 5.25. The number of anilines is 2. The number of nitrogens with one attached hydrogen (secondary N) is 1. The zero-order valence-electron chi connectivity index (χ0n) is 15.0. The Bertz CT molecular complexity index is 804. The molecular weight excluding hydrogens is 348 g/mol. The molecule has 1 heterocycles. The molecule has 136 valence electrons. The number of amides is 2. The molecule has 2 aromatic carbocycles. The first kappa shape index (κ1) is 18.5. The number of halogens is 1. The van der Waals surface area contributed by atoms with Crippen molar-refractivity contribution >= 4 is 34.8 Å². The summed E-state index contributed by atoms with van der Waals surface area (Å²) in [7, 11) is 0. The van der Waals surface area contributed by atoms with Gasteiger partial charge in [0.1, 0.15) is 0 Å². The van der Waals surface area contributed by atoms with Gasteiger partial charge in [0.25, 0.3) is 0 Å². The molecule has 26 heavy (non-hydrogen) atoms. The lowest BCUT2D eigenvalue weighted by atomic mass is 9.96. The lowest BCUT2D eigenvalue weighted by molar-refractivity contribution is -0.122. The van der Waals surface area contributed by atoms with Gasteiger partial charge in [0.05, 0.1) is 5.92 Å². The summed E-state index contributed by atoms with van der Waals surface area (Å²) >= 11 is 5.91. The van der Waals surface area contributed by atoms with Crippen molar-refractivity contribution in [2.75, 3.05) is 16.8 Å². The van der Waals surface area contributed by atoms with Gasteiger partial charge in [-0.25, -0.2) is 0 Å². The molecule has 2 atom stereocenters. The van der Waals surface area contributed by atoms with E-state index in [1.807, 2.05) is 24.3 Å². The van der Waals surface area contributed by atoms with Gasteiger partial charge in [-0.2, -0.15) is 0 Å². The summed E-state index contributed by atoms with van der Waals surface area (Å²) in [6.45, 7) is 4.66. The van der Waals surface area contributed by atoms with E-state index in [1.165, 1.54) is 0 Å². The van der Waals surface area contributed by atoms with Crippen LogP contribution in [0.2, 0.25) is 5.02 Å². The van der Waals surface area contributed by atoms with E-state index < -0.39 is 0 Å². The van der Waals surface area contributed by atoms with Crippen molar-refractivity contribution < 1.29 is 9.59 Å². The summed E-state index contributed by atoms with van der Waals surface area (Å²) in [4.78, 5) is 26.8. The molecule has 0 aromatic heterocycles. The maximum Gasteiger partial charge on any atom is 0.229 e. The van der Waals surface area contributed by atoms with Gasteiger partial charge in [0.2, 0.25) is 11.8 Å². The van der Waals surface area contributed by atoms with E-state index in [9.17, 15) is 9.59 Å². The highest BCUT2D eigenvalue weighted by molar-refractivity contribution is 6.30. The molecule has 5 heteroatoms. The average molecular weight is 371 g/mol. The van der Waals surface area contributed by atoms with Gasteiger partial charge in [0.15, 0.2) is 0 Å². The maximum atomic E-state index is 12.7. The Hall–Kier alpha value is -2.33. The molecule has 0 aliphatic carbocycles. The molecule has 4 nitrogen and oxygen atoms in total. The summed E-state index contributed by atoms with van der Waals surface area (Å²) in [6.07, 6.45) is 1.22. The van der Waals surface area contributed by atoms with E-state index >= 15 is 0 Å². The fourth-order valence-corrected chi connectivity index (χ4v) is 3.38. The minimum atomic E-state index is -0.358. The van der Waals surface area contributed by atoms with Crippen LogP contribution in [-0.2, 0) is 9.59 Å². The van der Waals surface area contributed by atoms with Gasteiger partial charge in [-0.1, -0.05) is 43.6 Å². The van der Waals surface area contributed by atoms with Crippen LogP contribution in [0.15, 0.2) is 48.5 Å². The van der Waals surface area contributed by atoms with Crippen LogP contribution in [0.1, 0.15) is 38.2 Å². The predicted molar refractivity (Wildman–Crippen MR) is 106 cm³/mol. The molecule has 1 aliphatic heterocycles. The number of carbonyl (C=O) groups is 2. The summed E-state index contributed by atoms with van der Waals surface area (Å²) in [5.41, 5.74) is 2.74. The van der Waals surface area contributed by atoms with Crippen molar-refractivity contribution in [3.8, 4) is 0 Å². The number of hydrogen-bond acceptors (Lipinski definition) is 2. The molecule has 0 radical (unpaired) electrons. The van der Waals surface area contributed by atoms with Crippen LogP contribution in [-0.4, -0.2) is 18.4 Å². The van der Waals surface area contributed by atoms with E-state index in [0.717, 1.165) is 23.4 Å². The third-order valence-electron chi connectivity index (χ3n) is 5.00. The van der Waals surface area contributed by atoms with Crippen LogP contribution in [0.3, 0.4) is 0 Å². The molecule has 0 saturated carbocycles. The number of carbonyl (C=O) groups excluding carboxylic acids is 2. The summed E-state index contributed by atoms with van der Waals surface area (Å²) in [5.74, 6) is -0.140. The van der Waals surface area contributed by atoms with Crippen LogP contribution in [0.5, 0.6) is 0 Å². The van der Waals surface area contributed by atoms with Crippen molar-refractivity contribution in [2.24, 2.45) is 5.92 Å². The monoisotopic (exact) mass is 370 g/mol. The van der Waals surface area contributed by atoms with E-state index in [1.54, 1.807) is 29.2 Å². The van der Waals surface area contributed by atoms with Crippen LogP contribution in [0.4, 0.5) is 11.4 Å². The van der Waals surface area contributed by atoms with Crippen molar-refractivity contribution in [1.29, 1.82) is 0 Å². The second-order valence-electron chi connectivity index (χ2n) is 6.77. The number of para-hydroxylation sites is 1. The number of benzene rings is 2. The smallest absolute Gasteiger partial charge is 0.229 e. The largest absolute Gasteiger partial charge is 0.326 e. The van der Waals surface area contributed by atoms with E-state index in [2.05, 4.69) is 19.2 Å². The summed E-state index contributed by atoms with van der Waals surface area (Å²) < 4.78 is 0. The molecule has 1 saturated heterocycles. The Kier molecular flexibility index (Phi) is 5.62. The van der Waals surface area contributed by atoms with Crippen LogP contribution in [0.25, 0.3) is 0 Å². The molecule has 1 N–H and O–H groups in total. The normalized spacial score (nSPS) is 18.0. The Morgan fingerprint density at radius 3 is 2.62 bits per heavy atom. The number of rotatable bonds is 5. The molecule has 3 rings (SSSR count). The van der Waals surface area contributed by atoms with Gasteiger partial charge in [-0.3, -0.25) is 9.59 Å². The first-order valence-electron chi connectivity index (χ1n) is 8.95. The standard InChI is InChI=1S/C21H23ClN2O2/c1-3-14(2)18-6-4-5-7-19(18)23-21(26)15-12-20(25)24(13-15)17-10-8-16(22)9-11-17/h4-11,14-15H,3,12-13H2,1-2H3,(H,23,26)/t14-,15+/m0/s1. The summed E-state index contributed by atoms with van der Waals surface area (Å²) in [5, 5.41) is 3.65. The fraction of sp³-hybridized carbons (Fsp3) is 0.333. The highest BCUT2D eigenvalue weighted by Crippen LogP contribution is 2.30. The van der Waals surface area contributed by atoms with Crippen LogP contribution in [0, 0.1) is 5.92 Å². The predicted octanol–water partition coefficient (Wildman–Crippen LogP) is 4.85. The van der Waals surface area contributed by atoms with Crippen molar-refractivity contribution in [3.63, 3.8) is 0 Å². The molecule has 0 unspecified atom stereocenters. The number of hydrogen-bond donors (Lipinski definition) is 1. The zero-order valence-corrected chi connectivity index (χ0v) is 15.8. The van der Waals surface area contributed by atoms with Crippen LogP contribution >= 0.6 is 11.6 Å². The molecule has 2 amide bonds. The topological polar surface area (TPSA) is 49.4 Å². The molecule has 0 spiro atoms. The first-order chi connectivity index (χ1) is 12.5. The minimum absolute atomic E-state index is 0.0392. The van der Waals surface area contributed by atoms with Gasteiger partial charge < -0.3 is 10.2 Å². The summed E-state index contributed by atoms with van der Waals surface area (Å²) in [6, 6.07) is 15.0. The van der Waals surface area contributed by atoms with Crippen molar-refractivity contribution in [2.45, 2.75) is 32.6 Å². The first-order valence-corrected chi connectivity index (χ1v) is 9.33. The fourth-order valence-electron chi connectivity index (χ4n) is 3.25. The zero-order chi connectivity index (χ0) is 18.7. The second kappa shape index (κ2) is 7.92. The van der Waals surface area contributed by atoms with Gasteiger partial charge in [-0.05, 0) is 48.2 Å².